The lowest BCUT2D eigenvalue weighted by molar-refractivity contribution is -0.113. The maximum absolute atomic E-state index is 12.3. The summed E-state index contributed by atoms with van der Waals surface area (Å²) >= 11 is 1.42. The fourth-order valence-corrected chi connectivity index (χ4v) is 3.56. The van der Waals surface area contributed by atoms with Crippen molar-refractivity contribution < 1.29 is 23.6 Å². The number of nitrogens with zero attached hydrogens (tertiary/aromatic N) is 2. The van der Waals surface area contributed by atoms with Crippen LogP contribution in [0, 0.1) is 0 Å². The Balaban J connectivity index is 1.43. The van der Waals surface area contributed by atoms with Crippen LogP contribution in [0.25, 0.3) is 11.4 Å². The Morgan fingerprint density at radius 2 is 2.14 bits per heavy atom. The molecule has 1 amide bonds. The molecule has 148 valence electrons. The number of anilines is 1. The molecule has 0 saturated heterocycles. The molecule has 2 heterocycles. The molecule has 29 heavy (non-hydrogen) atoms. The average Bonchev–Trinajstić information content (AvgIpc) is 3.21. The number of hydrogen-bond donors (Lipinski definition) is 1. The molecule has 1 aliphatic heterocycles. The lowest BCUT2D eigenvalue weighted by atomic mass is 10.2. The highest BCUT2D eigenvalue weighted by molar-refractivity contribution is 8.00. The number of fused-ring (bicyclic) bond motifs is 1. The second-order valence-corrected chi connectivity index (χ2v) is 7.08. The van der Waals surface area contributed by atoms with Crippen LogP contribution in [-0.4, -0.2) is 34.4 Å². The van der Waals surface area contributed by atoms with Gasteiger partial charge in [0.2, 0.25) is 11.7 Å². The number of thioether (sulfide) groups is 1. The van der Waals surface area contributed by atoms with Crippen molar-refractivity contribution in [2.24, 2.45) is 0 Å². The molecular weight excluding hydrogens is 394 g/mol. The van der Waals surface area contributed by atoms with Crippen molar-refractivity contribution in [3.8, 4) is 17.1 Å². The van der Waals surface area contributed by atoms with E-state index in [-0.39, 0.29) is 18.4 Å². The second kappa shape index (κ2) is 8.36. The zero-order valence-corrected chi connectivity index (χ0v) is 16.3. The Labute approximate surface area is 170 Å². The van der Waals surface area contributed by atoms with Gasteiger partial charge in [0, 0.05) is 4.90 Å². The van der Waals surface area contributed by atoms with Crippen LogP contribution in [0.5, 0.6) is 5.75 Å². The highest BCUT2D eigenvalue weighted by atomic mass is 32.2. The van der Waals surface area contributed by atoms with Gasteiger partial charge in [0.05, 0.1) is 29.2 Å². The van der Waals surface area contributed by atoms with Crippen LogP contribution >= 0.6 is 11.8 Å². The third-order valence-electron chi connectivity index (χ3n) is 4.07. The first-order chi connectivity index (χ1) is 14.1. The molecule has 3 aromatic rings. The number of benzene rings is 2. The minimum absolute atomic E-state index is 0.0984. The molecule has 1 aromatic heterocycles. The molecule has 0 aliphatic carbocycles. The summed E-state index contributed by atoms with van der Waals surface area (Å²) in [7, 11) is 0. The van der Waals surface area contributed by atoms with Crippen LogP contribution in [-0.2, 0) is 16.1 Å². The summed E-state index contributed by atoms with van der Waals surface area (Å²) in [6.07, 6.45) is 0. The van der Waals surface area contributed by atoms with Gasteiger partial charge in [0.25, 0.3) is 5.89 Å². The Morgan fingerprint density at radius 1 is 1.28 bits per heavy atom. The van der Waals surface area contributed by atoms with Crippen molar-refractivity contribution in [1.82, 2.24) is 10.1 Å². The number of carbonyl (C=O) groups excluding carboxylic acids is 2. The van der Waals surface area contributed by atoms with Gasteiger partial charge in [-0.2, -0.15) is 4.98 Å². The molecule has 0 saturated carbocycles. The van der Waals surface area contributed by atoms with Gasteiger partial charge in [-0.1, -0.05) is 17.3 Å². The summed E-state index contributed by atoms with van der Waals surface area (Å²) < 4.78 is 16.0. The van der Waals surface area contributed by atoms with Gasteiger partial charge in [0.1, 0.15) is 5.75 Å². The molecule has 0 atom stereocenters. The first-order valence-electron chi connectivity index (χ1n) is 8.92. The van der Waals surface area contributed by atoms with Crippen LogP contribution in [0.3, 0.4) is 0 Å². The van der Waals surface area contributed by atoms with Crippen molar-refractivity contribution >= 4 is 29.3 Å². The van der Waals surface area contributed by atoms with E-state index in [4.69, 9.17) is 14.0 Å². The van der Waals surface area contributed by atoms with E-state index < -0.39 is 5.97 Å². The number of esters is 1. The zero-order chi connectivity index (χ0) is 20.2. The van der Waals surface area contributed by atoms with Crippen molar-refractivity contribution in [2.45, 2.75) is 18.4 Å². The Hall–Kier alpha value is -3.33. The molecule has 0 fully saturated rings. The smallest absolute Gasteiger partial charge is 0.338 e. The third kappa shape index (κ3) is 4.24. The predicted molar refractivity (Wildman–Crippen MR) is 106 cm³/mol. The molecule has 0 unspecified atom stereocenters. The van der Waals surface area contributed by atoms with Gasteiger partial charge in [-0.25, -0.2) is 4.79 Å². The minimum atomic E-state index is -0.549. The monoisotopic (exact) mass is 411 g/mol. The number of carbonyl (C=O) groups is 2. The molecule has 4 rings (SSSR count). The molecule has 2 aromatic carbocycles. The Morgan fingerprint density at radius 3 is 3.00 bits per heavy atom. The van der Waals surface area contributed by atoms with E-state index in [2.05, 4.69) is 15.5 Å². The summed E-state index contributed by atoms with van der Waals surface area (Å²) in [5.41, 5.74) is 1.62. The van der Waals surface area contributed by atoms with Crippen molar-refractivity contribution in [3.05, 3.63) is 53.9 Å². The topological polar surface area (TPSA) is 104 Å². The summed E-state index contributed by atoms with van der Waals surface area (Å²) in [5, 5.41) is 6.68. The Kier molecular flexibility index (Phi) is 5.48. The van der Waals surface area contributed by atoms with E-state index in [0.29, 0.717) is 40.7 Å². The van der Waals surface area contributed by atoms with E-state index in [0.717, 1.165) is 4.90 Å². The first-order valence-corrected chi connectivity index (χ1v) is 9.91. The number of nitrogens with one attached hydrogen (secondary N) is 1. The summed E-state index contributed by atoms with van der Waals surface area (Å²) in [5.74, 6) is 0.886. The predicted octanol–water partition coefficient (Wildman–Crippen LogP) is 3.54. The van der Waals surface area contributed by atoms with E-state index in [1.807, 2.05) is 31.2 Å². The summed E-state index contributed by atoms with van der Waals surface area (Å²) in [6.45, 7) is 2.24. The van der Waals surface area contributed by atoms with Crippen molar-refractivity contribution in [1.29, 1.82) is 0 Å². The van der Waals surface area contributed by atoms with Gasteiger partial charge >= 0.3 is 5.97 Å². The molecule has 0 bridgehead atoms. The van der Waals surface area contributed by atoms with Gasteiger partial charge in [-0.3, -0.25) is 4.79 Å². The number of amides is 1. The quantitative estimate of drug-likeness (QED) is 0.615. The lowest BCUT2D eigenvalue weighted by Crippen LogP contribution is -2.19. The third-order valence-corrected chi connectivity index (χ3v) is 5.14. The highest BCUT2D eigenvalue weighted by Crippen LogP contribution is 2.32. The van der Waals surface area contributed by atoms with Crippen molar-refractivity contribution in [3.63, 3.8) is 0 Å². The van der Waals surface area contributed by atoms with Gasteiger partial charge < -0.3 is 19.3 Å². The zero-order valence-electron chi connectivity index (χ0n) is 15.5. The lowest BCUT2D eigenvalue weighted by Gasteiger charge is -2.16. The van der Waals surface area contributed by atoms with E-state index in [1.54, 1.807) is 18.2 Å². The molecule has 0 radical (unpaired) electrons. The van der Waals surface area contributed by atoms with Crippen LogP contribution in [0.2, 0.25) is 0 Å². The van der Waals surface area contributed by atoms with E-state index in [1.165, 1.54) is 11.8 Å². The molecule has 1 aliphatic rings. The summed E-state index contributed by atoms with van der Waals surface area (Å²) in [4.78, 5) is 29.1. The second-order valence-electron chi connectivity index (χ2n) is 6.06. The number of para-hydroxylation sites is 1. The minimum Gasteiger partial charge on any atom is -0.493 e. The van der Waals surface area contributed by atoms with Gasteiger partial charge in [-0.15, -0.1) is 11.8 Å². The number of rotatable bonds is 6. The van der Waals surface area contributed by atoms with Crippen molar-refractivity contribution in [2.75, 3.05) is 17.7 Å². The summed E-state index contributed by atoms with van der Waals surface area (Å²) in [6, 6.07) is 12.4. The fraction of sp³-hybridized carbons (Fsp3) is 0.200. The molecule has 8 nitrogen and oxygen atoms in total. The molecule has 9 heteroatoms. The normalized spacial score (nSPS) is 12.8. The standard InChI is InChI=1S/C20H17N3O5S/c1-2-26-15-6-4-3-5-13(15)19-22-18(28-23-19)10-27-20(25)12-7-8-16-14(9-12)21-17(24)11-29-16/h3-9H,2,10-11H2,1H3,(H,21,24). The van der Waals surface area contributed by atoms with E-state index in [9.17, 15) is 9.59 Å². The maximum atomic E-state index is 12.3. The van der Waals surface area contributed by atoms with Crippen LogP contribution in [0.1, 0.15) is 23.2 Å². The molecule has 0 spiro atoms. The number of ether oxygens (including phenoxy) is 2. The van der Waals surface area contributed by atoms with Crippen LogP contribution < -0.4 is 10.1 Å². The van der Waals surface area contributed by atoms with Gasteiger partial charge in [-0.05, 0) is 37.3 Å². The highest BCUT2D eigenvalue weighted by Gasteiger charge is 2.19. The molecular formula is C20H17N3O5S. The number of aromatic nitrogens is 2. The maximum Gasteiger partial charge on any atom is 0.338 e. The first kappa shape index (κ1) is 19.0. The van der Waals surface area contributed by atoms with E-state index >= 15 is 0 Å². The van der Waals surface area contributed by atoms with Crippen LogP contribution in [0.15, 0.2) is 51.9 Å². The average molecular weight is 411 g/mol. The van der Waals surface area contributed by atoms with Crippen LogP contribution in [0.4, 0.5) is 5.69 Å². The largest absolute Gasteiger partial charge is 0.493 e. The Bertz CT molecular complexity index is 1070. The van der Waals surface area contributed by atoms with Gasteiger partial charge in [0.15, 0.2) is 6.61 Å². The SMILES string of the molecule is CCOc1ccccc1-c1noc(COC(=O)c2ccc3c(c2)NC(=O)CS3)n1. The molecule has 1 N–H and O–H groups in total. The fourth-order valence-electron chi connectivity index (χ4n) is 2.78. The number of hydrogen-bond acceptors (Lipinski definition) is 8.